The second kappa shape index (κ2) is 10.6. The van der Waals surface area contributed by atoms with Crippen LogP contribution >= 0.6 is 0 Å². The van der Waals surface area contributed by atoms with Gasteiger partial charge in [-0.3, -0.25) is 4.79 Å². The Balaban J connectivity index is 1.68. The van der Waals surface area contributed by atoms with E-state index in [9.17, 15) is 18.0 Å². The van der Waals surface area contributed by atoms with Crippen molar-refractivity contribution in [1.29, 1.82) is 0 Å². The second-order valence-corrected chi connectivity index (χ2v) is 10.6. The minimum Gasteiger partial charge on any atom is -0.495 e. The Morgan fingerprint density at radius 1 is 1.22 bits per heavy atom. The number of hydrogen-bond acceptors (Lipinski definition) is 7. The van der Waals surface area contributed by atoms with E-state index < -0.39 is 28.5 Å². The number of ether oxygens (including phenoxy) is 3. The molecule has 3 unspecified atom stereocenters. The van der Waals surface area contributed by atoms with E-state index in [-0.39, 0.29) is 34.1 Å². The molecule has 1 aromatic carbocycles. The highest BCUT2D eigenvalue weighted by Gasteiger charge is 2.34. The third kappa shape index (κ3) is 5.99. The molecule has 2 aliphatic heterocycles. The van der Waals surface area contributed by atoms with Crippen LogP contribution in [0.4, 0.5) is 0 Å². The molecule has 0 aliphatic carbocycles. The SMILES string of the molecule is COc1ccc(C(=O)OCC(=O)NCC2CCCO2)cc1S(=O)(=O)N1CC(C)CC(C)C1. The van der Waals surface area contributed by atoms with E-state index in [4.69, 9.17) is 14.2 Å². The zero-order valence-electron chi connectivity index (χ0n) is 18.8. The summed E-state index contributed by atoms with van der Waals surface area (Å²) in [6, 6.07) is 4.11. The highest BCUT2D eigenvalue weighted by Crippen LogP contribution is 2.32. The van der Waals surface area contributed by atoms with Crippen LogP contribution in [0.15, 0.2) is 23.1 Å². The molecule has 2 saturated heterocycles. The Morgan fingerprint density at radius 2 is 1.94 bits per heavy atom. The van der Waals surface area contributed by atoms with Crippen LogP contribution in [0.5, 0.6) is 5.75 Å². The molecular formula is C22H32N2O7S. The van der Waals surface area contributed by atoms with Crippen molar-refractivity contribution >= 4 is 21.9 Å². The van der Waals surface area contributed by atoms with Gasteiger partial charge in [0.15, 0.2) is 6.61 Å². The zero-order valence-corrected chi connectivity index (χ0v) is 19.7. The molecule has 1 aromatic rings. The maximum absolute atomic E-state index is 13.3. The first-order chi connectivity index (χ1) is 15.2. The normalized spacial score (nSPS) is 24.2. The summed E-state index contributed by atoms with van der Waals surface area (Å²) in [6.07, 6.45) is 2.81. The predicted octanol–water partition coefficient (Wildman–Crippen LogP) is 1.81. The maximum atomic E-state index is 13.3. The molecule has 0 radical (unpaired) electrons. The van der Waals surface area contributed by atoms with Gasteiger partial charge in [0.25, 0.3) is 5.91 Å². The zero-order chi connectivity index (χ0) is 23.3. The summed E-state index contributed by atoms with van der Waals surface area (Å²) in [4.78, 5) is 24.4. The van der Waals surface area contributed by atoms with Crippen molar-refractivity contribution in [2.75, 3.05) is 40.0 Å². The lowest BCUT2D eigenvalue weighted by Crippen LogP contribution is -2.42. The summed E-state index contributed by atoms with van der Waals surface area (Å²) in [6.45, 7) is 5.47. The molecule has 1 amide bonds. The van der Waals surface area contributed by atoms with Crippen LogP contribution in [0.2, 0.25) is 0 Å². The molecule has 2 fully saturated rings. The van der Waals surface area contributed by atoms with Gasteiger partial charge in [0.2, 0.25) is 10.0 Å². The van der Waals surface area contributed by atoms with Crippen LogP contribution in [-0.2, 0) is 24.3 Å². The van der Waals surface area contributed by atoms with E-state index in [1.807, 2.05) is 13.8 Å². The lowest BCUT2D eigenvalue weighted by Gasteiger charge is -2.34. The molecule has 32 heavy (non-hydrogen) atoms. The molecular weight excluding hydrogens is 436 g/mol. The molecule has 3 rings (SSSR count). The van der Waals surface area contributed by atoms with Gasteiger partial charge in [0, 0.05) is 26.2 Å². The lowest BCUT2D eigenvalue weighted by atomic mass is 9.94. The molecule has 2 heterocycles. The van der Waals surface area contributed by atoms with E-state index in [0.29, 0.717) is 26.2 Å². The standard InChI is InChI=1S/C22H32N2O7S/c1-15-9-16(2)13-24(12-15)32(27,28)20-10-17(6-7-19(20)29-3)22(26)31-14-21(25)23-11-18-5-4-8-30-18/h6-7,10,15-16,18H,4-5,8-9,11-14H2,1-3H3,(H,23,25). The van der Waals surface area contributed by atoms with Gasteiger partial charge < -0.3 is 19.5 Å². The molecule has 2 aliphatic rings. The van der Waals surface area contributed by atoms with Crippen molar-refractivity contribution in [2.24, 2.45) is 11.8 Å². The number of nitrogens with one attached hydrogen (secondary N) is 1. The fraction of sp³-hybridized carbons (Fsp3) is 0.636. The Kier molecular flexibility index (Phi) is 8.13. The molecule has 0 bridgehead atoms. The van der Waals surface area contributed by atoms with Gasteiger partial charge in [-0.25, -0.2) is 13.2 Å². The van der Waals surface area contributed by atoms with Crippen LogP contribution in [0.1, 0.15) is 43.5 Å². The van der Waals surface area contributed by atoms with E-state index in [1.54, 1.807) is 0 Å². The first kappa shape index (κ1) is 24.5. The number of amides is 1. The monoisotopic (exact) mass is 468 g/mol. The molecule has 3 atom stereocenters. The molecule has 178 valence electrons. The van der Waals surface area contributed by atoms with Gasteiger partial charge >= 0.3 is 5.97 Å². The number of piperidine rings is 1. The van der Waals surface area contributed by atoms with Crippen molar-refractivity contribution in [3.63, 3.8) is 0 Å². The first-order valence-corrected chi connectivity index (χ1v) is 12.4. The number of nitrogens with zero attached hydrogens (tertiary/aromatic N) is 1. The fourth-order valence-electron chi connectivity index (χ4n) is 4.24. The quantitative estimate of drug-likeness (QED) is 0.579. The lowest BCUT2D eigenvalue weighted by molar-refractivity contribution is -0.124. The van der Waals surface area contributed by atoms with Crippen LogP contribution in [0.25, 0.3) is 0 Å². The smallest absolute Gasteiger partial charge is 0.338 e. The van der Waals surface area contributed by atoms with Gasteiger partial charge in [0.05, 0.1) is 18.8 Å². The molecule has 10 heteroatoms. The Morgan fingerprint density at radius 3 is 2.56 bits per heavy atom. The summed E-state index contributed by atoms with van der Waals surface area (Å²) in [5, 5.41) is 2.67. The highest BCUT2D eigenvalue weighted by molar-refractivity contribution is 7.89. The number of carbonyl (C=O) groups excluding carboxylic acids is 2. The summed E-state index contributed by atoms with van der Waals surface area (Å²) >= 11 is 0. The number of hydrogen-bond donors (Lipinski definition) is 1. The van der Waals surface area contributed by atoms with Crippen molar-refractivity contribution in [1.82, 2.24) is 9.62 Å². The number of esters is 1. The van der Waals surface area contributed by atoms with Gasteiger partial charge in [-0.05, 0) is 49.3 Å². The summed E-state index contributed by atoms with van der Waals surface area (Å²) < 4.78 is 43.9. The first-order valence-electron chi connectivity index (χ1n) is 10.9. The summed E-state index contributed by atoms with van der Waals surface area (Å²) in [7, 11) is -2.49. The molecule has 1 N–H and O–H groups in total. The van der Waals surface area contributed by atoms with E-state index in [2.05, 4.69) is 5.32 Å². The van der Waals surface area contributed by atoms with Crippen molar-refractivity contribution in [2.45, 2.75) is 44.1 Å². The summed E-state index contributed by atoms with van der Waals surface area (Å²) in [5.74, 6) is -0.591. The van der Waals surface area contributed by atoms with Crippen molar-refractivity contribution < 1.29 is 32.2 Å². The third-order valence-electron chi connectivity index (χ3n) is 5.74. The van der Waals surface area contributed by atoms with Crippen LogP contribution in [-0.4, -0.2) is 70.7 Å². The molecule has 0 saturated carbocycles. The number of methoxy groups -OCH3 is 1. The Bertz CT molecular complexity index is 918. The minimum atomic E-state index is -3.87. The number of sulfonamides is 1. The van der Waals surface area contributed by atoms with Crippen LogP contribution in [0.3, 0.4) is 0 Å². The van der Waals surface area contributed by atoms with Gasteiger partial charge in [-0.15, -0.1) is 0 Å². The van der Waals surface area contributed by atoms with E-state index in [0.717, 1.165) is 19.3 Å². The third-order valence-corrected chi connectivity index (χ3v) is 7.59. The average molecular weight is 469 g/mol. The predicted molar refractivity (Wildman–Crippen MR) is 117 cm³/mol. The fourth-order valence-corrected chi connectivity index (χ4v) is 6.11. The largest absolute Gasteiger partial charge is 0.495 e. The van der Waals surface area contributed by atoms with E-state index >= 15 is 0 Å². The Hall–Kier alpha value is -2.17. The van der Waals surface area contributed by atoms with Gasteiger partial charge in [-0.1, -0.05) is 13.8 Å². The number of carbonyl (C=O) groups is 2. The van der Waals surface area contributed by atoms with Crippen LogP contribution in [0, 0.1) is 11.8 Å². The molecule has 0 spiro atoms. The maximum Gasteiger partial charge on any atom is 0.338 e. The van der Waals surface area contributed by atoms with Gasteiger partial charge in [-0.2, -0.15) is 4.31 Å². The second-order valence-electron chi connectivity index (χ2n) is 8.65. The average Bonchev–Trinajstić information content (AvgIpc) is 3.28. The molecule has 0 aromatic heterocycles. The summed E-state index contributed by atoms with van der Waals surface area (Å²) in [5.41, 5.74) is 0.0365. The Labute approximate surface area is 189 Å². The minimum absolute atomic E-state index is 0.00997. The van der Waals surface area contributed by atoms with E-state index in [1.165, 1.54) is 29.6 Å². The topological polar surface area (TPSA) is 111 Å². The van der Waals surface area contributed by atoms with Gasteiger partial charge in [0.1, 0.15) is 10.6 Å². The van der Waals surface area contributed by atoms with Crippen LogP contribution < -0.4 is 10.1 Å². The molecule has 9 nitrogen and oxygen atoms in total. The van der Waals surface area contributed by atoms with Crippen molar-refractivity contribution in [3.05, 3.63) is 23.8 Å². The number of benzene rings is 1. The van der Waals surface area contributed by atoms with Crippen molar-refractivity contribution in [3.8, 4) is 5.75 Å². The highest BCUT2D eigenvalue weighted by atomic mass is 32.2. The number of rotatable bonds is 8.